The lowest BCUT2D eigenvalue weighted by Crippen LogP contribution is -2.34. The van der Waals surface area contributed by atoms with Crippen molar-refractivity contribution in [3.8, 4) is 0 Å². The molecule has 3 rings (SSSR count). The molecular formula is C14H18N4O. The number of rotatable bonds is 2. The summed E-state index contributed by atoms with van der Waals surface area (Å²) >= 11 is 0. The smallest absolute Gasteiger partial charge is 0.256 e. The number of likely N-dealkylation sites (tertiary alicyclic amines) is 1. The maximum absolute atomic E-state index is 12.6. The topological polar surface area (TPSA) is 75.0 Å². The number of nitrogens with one attached hydrogen (secondary N) is 1. The number of aromatic amines is 1. The van der Waals surface area contributed by atoms with Crippen molar-refractivity contribution < 1.29 is 4.79 Å². The molecule has 1 saturated heterocycles. The molecule has 1 atom stereocenters. The number of amides is 1. The minimum Gasteiger partial charge on any atom is -0.345 e. The highest BCUT2D eigenvalue weighted by Gasteiger charge is 2.35. The molecule has 0 aliphatic carbocycles. The van der Waals surface area contributed by atoms with Gasteiger partial charge < -0.3 is 15.6 Å². The average molecular weight is 258 g/mol. The monoisotopic (exact) mass is 258 g/mol. The van der Waals surface area contributed by atoms with Crippen molar-refractivity contribution in [2.75, 3.05) is 19.6 Å². The van der Waals surface area contributed by atoms with Gasteiger partial charge in [-0.2, -0.15) is 0 Å². The highest BCUT2D eigenvalue weighted by atomic mass is 16.2. The Balaban J connectivity index is 1.89. The Bertz CT molecular complexity index is 621. The third kappa shape index (κ3) is 2.00. The van der Waals surface area contributed by atoms with Gasteiger partial charge >= 0.3 is 0 Å². The summed E-state index contributed by atoms with van der Waals surface area (Å²) in [5.74, 6) is 0.0661. The molecule has 5 nitrogen and oxygen atoms in total. The van der Waals surface area contributed by atoms with Crippen LogP contribution in [0, 0.1) is 5.41 Å². The van der Waals surface area contributed by atoms with Crippen molar-refractivity contribution in [1.82, 2.24) is 14.9 Å². The maximum Gasteiger partial charge on any atom is 0.256 e. The summed E-state index contributed by atoms with van der Waals surface area (Å²) in [5.41, 5.74) is 7.30. The number of H-pyrrole nitrogens is 1. The van der Waals surface area contributed by atoms with Gasteiger partial charge in [-0.05, 0) is 30.5 Å². The predicted octanol–water partition coefficient (Wildman–Crippen LogP) is 1.37. The number of carbonyl (C=O) groups is 1. The Morgan fingerprint density at radius 3 is 3.21 bits per heavy atom. The second-order valence-corrected chi connectivity index (χ2v) is 5.59. The molecule has 0 radical (unpaired) electrons. The Kier molecular flexibility index (Phi) is 2.78. The third-order valence-corrected chi connectivity index (χ3v) is 4.02. The van der Waals surface area contributed by atoms with Gasteiger partial charge in [-0.15, -0.1) is 0 Å². The Morgan fingerprint density at radius 2 is 2.47 bits per heavy atom. The van der Waals surface area contributed by atoms with Gasteiger partial charge in [0.1, 0.15) is 5.65 Å². The van der Waals surface area contributed by atoms with Gasteiger partial charge in [0.05, 0.1) is 5.56 Å². The summed E-state index contributed by atoms with van der Waals surface area (Å²) in [5, 5.41) is 0.883. The van der Waals surface area contributed by atoms with E-state index in [-0.39, 0.29) is 11.3 Å². The molecule has 0 saturated carbocycles. The maximum atomic E-state index is 12.6. The molecule has 1 fully saturated rings. The number of hydrogen-bond acceptors (Lipinski definition) is 3. The molecule has 1 amide bonds. The van der Waals surface area contributed by atoms with Crippen LogP contribution in [0.15, 0.2) is 24.5 Å². The van der Waals surface area contributed by atoms with E-state index in [1.165, 1.54) is 0 Å². The molecule has 5 heteroatoms. The number of nitrogens with zero attached hydrogens (tertiary/aromatic N) is 2. The number of hydrogen-bond donors (Lipinski definition) is 2. The summed E-state index contributed by atoms with van der Waals surface area (Å²) < 4.78 is 0. The number of carbonyl (C=O) groups excluding carboxylic acids is 1. The fourth-order valence-electron chi connectivity index (χ4n) is 2.67. The van der Waals surface area contributed by atoms with Gasteiger partial charge in [0.25, 0.3) is 5.91 Å². The summed E-state index contributed by atoms with van der Waals surface area (Å²) in [6, 6.07) is 3.77. The molecular weight excluding hydrogens is 240 g/mol. The number of nitrogens with two attached hydrogens (primary N) is 1. The molecule has 0 aromatic carbocycles. The second-order valence-electron chi connectivity index (χ2n) is 5.59. The van der Waals surface area contributed by atoms with Crippen LogP contribution < -0.4 is 5.73 Å². The van der Waals surface area contributed by atoms with E-state index in [9.17, 15) is 4.79 Å². The molecule has 1 unspecified atom stereocenters. The van der Waals surface area contributed by atoms with E-state index >= 15 is 0 Å². The normalized spacial score (nSPS) is 23.2. The summed E-state index contributed by atoms with van der Waals surface area (Å²) in [6.07, 6.45) is 4.43. The van der Waals surface area contributed by atoms with E-state index in [4.69, 9.17) is 5.73 Å². The van der Waals surface area contributed by atoms with Crippen molar-refractivity contribution in [2.24, 2.45) is 11.1 Å². The van der Waals surface area contributed by atoms with Crippen LogP contribution in [0.2, 0.25) is 0 Å². The summed E-state index contributed by atoms with van der Waals surface area (Å²) in [6.45, 7) is 4.26. The molecule has 1 aliphatic rings. The first kappa shape index (κ1) is 12.2. The van der Waals surface area contributed by atoms with E-state index in [2.05, 4.69) is 16.9 Å². The van der Waals surface area contributed by atoms with Crippen molar-refractivity contribution >= 4 is 16.9 Å². The fraction of sp³-hybridized carbons (Fsp3) is 0.429. The van der Waals surface area contributed by atoms with Gasteiger partial charge in [-0.1, -0.05) is 6.92 Å². The lowest BCUT2D eigenvalue weighted by Gasteiger charge is -2.22. The first-order valence-corrected chi connectivity index (χ1v) is 6.54. The SMILES string of the molecule is CC1(CN)CCN(C(=O)c2c[nH]c3ncccc23)C1. The van der Waals surface area contributed by atoms with E-state index in [0.29, 0.717) is 12.1 Å². The van der Waals surface area contributed by atoms with Crippen LogP contribution in [-0.4, -0.2) is 40.4 Å². The Labute approximate surface area is 111 Å². The van der Waals surface area contributed by atoms with Crippen LogP contribution in [0.1, 0.15) is 23.7 Å². The van der Waals surface area contributed by atoms with E-state index in [1.807, 2.05) is 17.0 Å². The molecule has 3 N–H and O–H groups in total. The highest BCUT2D eigenvalue weighted by Crippen LogP contribution is 2.30. The van der Waals surface area contributed by atoms with Crippen LogP contribution in [0.5, 0.6) is 0 Å². The Morgan fingerprint density at radius 1 is 1.63 bits per heavy atom. The molecule has 2 aromatic heterocycles. The minimum absolute atomic E-state index is 0.0556. The average Bonchev–Trinajstić information content (AvgIpc) is 3.03. The molecule has 2 aromatic rings. The van der Waals surface area contributed by atoms with Gasteiger partial charge in [0.15, 0.2) is 0 Å². The summed E-state index contributed by atoms with van der Waals surface area (Å²) in [7, 11) is 0. The lowest BCUT2D eigenvalue weighted by molar-refractivity contribution is 0.0779. The summed E-state index contributed by atoms with van der Waals surface area (Å²) in [4.78, 5) is 21.7. The van der Waals surface area contributed by atoms with E-state index in [0.717, 1.165) is 30.5 Å². The number of fused-ring (bicyclic) bond motifs is 1. The van der Waals surface area contributed by atoms with Gasteiger partial charge in [0.2, 0.25) is 0 Å². The largest absolute Gasteiger partial charge is 0.345 e. The number of aromatic nitrogens is 2. The predicted molar refractivity (Wildman–Crippen MR) is 73.8 cm³/mol. The molecule has 1 aliphatic heterocycles. The molecule has 100 valence electrons. The first-order chi connectivity index (χ1) is 9.13. The molecule has 3 heterocycles. The second kappa shape index (κ2) is 4.35. The van der Waals surface area contributed by atoms with Crippen molar-refractivity contribution in [3.05, 3.63) is 30.1 Å². The van der Waals surface area contributed by atoms with E-state index < -0.39 is 0 Å². The van der Waals surface area contributed by atoms with Gasteiger partial charge in [0, 0.05) is 30.9 Å². The number of pyridine rings is 1. The van der Waals surface area contributed by atoms with Crippen molar-refractivity contribution in [3.63, 3.8) is 0 Å². The molecule has 19 heavy (non-hydrogen) atoms. The van der Waals surface area contributed by atoms with Crippen LogP contribution in [0.4, 0.5) is 0 Å². The van der Waals surface area contributed by atoms with Crippen LogP contribution in [-0.2, 0) is 0 Å². The van der Waals surface area contributed by atoms with Gasteiger partial charge in [-0.25, -0.2) is 4.98 Å². The van der Waals surface area contributed by atoms with Crippen LogP contribution >= 0.6 is 0 Å². The quantitative estimate of drug-likeness (QED) is 0.854. The van der Waals surface area contributed by atoms with Crippen LogP contribution in [0.25, 0.3) is 11.0 Å². The third-order valence-electron chi connectivity index (χ3n) is 4.02. The zero-order valence-corrected chi connectivity index (χ0v) is 11.0. The molecule has 0 spiro atoms. The fourth-order valence-corrected chi connectivity index (χ4v) is 2.67. The Hall–Kier alpha value is -1.88. The zero-order valence-electron chi connectivity index (χ0n) is 11.0. The minimum atomic E-state index is 0.0556. The first-order valence-electron chi connectivity index (χ1n) is 6.54. The molecule has 0 bridgehead atoms. The lowest BCUT2D eigenvalue weighted by atomic mass is 9.90. The highest BCUT2D eigenvalue weighted by molar-refractivity contribution is 6.05. The van der Waals surface area contributed by atoms with Crippen LogP contribution in [0.3, 0.4) is 0 Å². The van der Waals surface area contributed by atoms with Gasteiger partial charge in [-0.3, -0.25) is 4.79 Å². The van der Waals surface area contributed by atoms with Crippen molar-refractivity contribution in [1.29, 1.82) is 0 Å². The standard InChI is InChI=1S/C14H18N4O/c1-14(8-15)4-6-18(9-14)13(19)11-7-17-12-10(11)3-2-5-16-12/h2-3,5,7H,4,6,8-9,15H2,1H3,(H,16,17). The zero-order chi connectivity index (χ0) is 13.5. The van der Waals surface area contributed by atoms with E-state index in [1.54, 1.807) is 12.4 Å². The van der Waals surface area contributed by atoms with Crippen molar-refractivity contribution in [2.45, 2.75) is 13.3 Å².